The number of H-pyrrole nitrogens is 1. The van der Waals surface area contributed by atoms with Crippen molar-refractivity contribution in [1.29, 1.82) is 0 Å². The Morgan fingerprint density at radius 1 is 0.914 bits per heavy atom. The van der Waals surface area contributed by atoms with Crippen LogP contribution in [0.1, 0.15) is 25.7 Å². The van der Waals surface area contributed by atoms with Crippen LogP contribution in [-0.4, -0.2) is 87.1 Å². The summed E-state index contributed by atoms with van der Waals surface area (Å²) >= 11 is 0. The molecule has 2 saturated heterocycles. The predicted octanol–water partition coefficient (Wildman–Crippen LogP) is 3.55. The van der Waals surface area contributed by atoms with E-state index in [1.54, 1.807) is 6.20 Å². The maximum Gasteiger partial charge on any atom is 0.233 e. The number of aromatic amines is 1. The van der Waals surface area contributed by atoms with Gasteiger partial charge in [-0.15, -0.1) is 0 Å². The van der Waals surface area contributed by atoms with E-state index in [0.717, 1.165) is 85.1 Å². The van der Waals surface area contributed by atoms with E-state index < -0.39 is 0 Å². The summed E-state index contributed by atoms with van der Waals surface area (Å²) in [6.07, 6.45) is 10.1. The molecule has 2 aliphatic heterocycles. The Bertz CT molecular complexity index is 1320. The summed E-state index contributed by atoms with van der Waals surface area (Å²) in [4.78, 5) is 26.7. The molecular formula is C26H32N8O. The first-order valence-corrected chi connectivity index (χ1v) is 12.5. The van der Waals surface area contributed by atoms with Crippen LogP contribution in [0, 0.1) is 0 Å². The van der Waals surface area contributed by atoms with Crippen LogP contribution < -0.4 is 10.1 Å². The molecule has 0 saturated carbocycles. The topological polar surface area (TPSA) is 95.1 Å². The number of benzene rings is 1. The van der Waals surface area contributed by atoms with E-state index in [2.05, 4.69) is 56.3 Å². The van der Waals surface area contributed by atoms with Crippen molar-refractivity contribution in [3.8, 4) is 17.0 Å². The molecule has 5 heterocycles. The molecule has 0 radical (unpaired) electrons. The molecule has 2 N–H and O–H groups in total. The number of ether oxygens (including phenoxy) is 1. The van der Waals surface area contributed by atoms with E-state index in [0.29, 0.717) is 17.9 Å². The number of hydrogen-bond donors (Lipinski definition) is 2. The number of likely N-dealkylation sites (tertiary alicyclic amines) is 2. The standard InChI is InChI=1S/C26H32N8O/c1-33-9-5-18(6-10-33)30-26-29-15-21-20(14-28-25(21)32-26)17-3-4-22-23(13-17)31-24(16-27-22)35-19-7-11-34(2)12-8-19/h3-4,13-16,18-19H,5-12H2,1-2H3,(H2,28,29,30,32). The van der Waals surface area contributed by atoms with Crippen molar-refractivity contribution in [2.24, 2.45) is 0 Å². The monoisotopic (exact) mass is 472 g/mol. The van der Waals surface area contributed by atoms with Crippen molar-refractivity contribution in [1.82, 2.24) is 34.7 Å². The summed E-state index contributed by atoms with van der Waals surface area (Å²) in [7, 11) is 4.32. The van der Waals surface area contributed by atoms with Crippen molar-refractivity contribution >= 4 is 28.0 Å². The summed E-state index contributed by atoms with van der Waals surface area (Å²) in [5.74, 6) is 1.27. The largest absolute Gasteiger partial charge is 0.473 e. The minimum Gasteiger partial charge on any atom is -0.473 e. The summed E-state index contributed by atoms with van der Waals surface area (Å²) in [5.41, 5.74) is 4.61. The number of fused-ring (bicyclic) bond motifs is 2. The molecule has 2 aliphatic rings. The van der Waals surface area contributed by atoms with Gasteiger partial charge < -0.3 is 24.8 Å². The molecular weight excluding hydrogens is 440 g/mol. The van der Waals surface area contributed by atoms with E-state index in [1.165, 1.54) is 0 Å². The van der Waals surface area contributed by atoms with E-state index >= 15 is 0 Å². The van der Waals surface area contributed by atoms with Gasteiger partial charge in [0.25, 0.3) is 0 Å². The van der Waals surface area contributed by atoms with E-state index in [-0.39, 0.29) is 6.10 Å². The fourth-order valence-corrected chi connectivity index (χ4v) is 5.04. The molecule has 35 heavy (non-hydrogen) atoms. The van der Waals surface area contributed by atoms with Crippen LogP contribution in [-0.2, 0) is 0 Å². The lowest BCUT2D eigenvalue weighted by molar-refractivity contribution is 0.110. The maximum absolute atomic E-state index is 6.16. The highest BCUT2D eigenvalue weighted by Gasteiger charge is 2.20. The summed E-state index contributed by atoms with van der Waals surface area (Å²) in [6.45, 7) is 4.30. The van der Waals surface area contributed by atoms with Crippen LogP contribution in [0.15, 0.2) is 36.8 Å². The minimum atomic E-state index is 0.198. The molecule has 0 spiro atoms. The van der Waals surface area contributed by atoms with Gasteiger partial charge in [-0.05, 0) is 70.6 Å². The second kappa shape index (κ2) is 9.39. The first kappa shape index (κ1) is 22.2. The second-order valence-electron chi connectivity index (χ2n) is 9.91. The Balaban J connectivity index is 1.22. The van der Waals surface area contributed by atoms with Crippen LogP contribution >= 0.6 is 0 Å². The molecule has 6 rings (SSSR count). The summed E-state index contributed by atoms with van der Waals surface area (Å²) in [6, 6.07) is 6.56. The molecule has 182 valence electrons. The molecule has 0 aliphatic carbocycles. The van der Waals surface area contributed by atoms with E-state index in [1.807, 2.05) is 18.5 Å². The van der Waals surface area contributed by atoms with Crippen molar-refractivity contribution in [3.05, 3.63) is 36.8 Å². The number of aromatic nitrogens is 5. The van der Waals surface area contributed by atoms with Gasteiger partial charge in [0.2, 0.25) is 11.8 Å². The zero-order valence-corrected chi connectivity index (χ0v) is 20.4. The van der Waals surface area contributed by atoms with E-state index in [9.17, 15) is 0 Å². The van der Waals surface area contributed by atoms with Crippen molar-refractivity contribution < 1.29 is 4.74 Å². The molecule has 1 aromatic carbocycles. The molecule has 9 heteroatoms. The van der Waals surface area contributed by atoms with Crippen LogP contribution in [0.3, 0.4) is 0 Å². The van der Waals surface area contributed by atoms with Crippen LogP contribution in [0.4, 0.5) is 5.95 Å². The fraction of sp³-hybridized carbons (Fsp3) is 0.462. The van der Waals surface area contributed by atoms with Crippen LogP contribution in [0.5, 0.6) is 5.88 Å². The van der Waals surface area contributed by atoms with Gasteiger partial charge in [-0.2, -0.15) is 4.98 Å². The third-order valence-corrected chi connectivity index (χ3v) is 7.27. The molecule has 9 nitrogen and oxygen atoms in total. The lowest BCUT2D eigenvalue weighted by atomic mass is 10.1. The summed E-state index contributed by atoms with van der Waals surface area (Å²) < 4.78 is 6.16. The Morgan fingerprint density at radius 2 is 1.69 bits per heavy atom. The van der Waals surface area contributed by atoms with Gasteiger partial charge >= 0.3 is 0 Å². The first-order valence-electron chi connectivity index (χ1n) is 12.5. The zero-order valence-electron chi connectivity index (χ0n) is 20.4. The molecule has 3 aromatic heterocycles. The number of nitrogens with one attached hydrogen (secondary N) is 2. The van der Waals surface area contributed by atoms with Gasteiger partial charge in [0, 0.05) is 42.5 Å². The van der Waals surface area contributed by atoms with Gasteiger partial charge in [0.15, 0.2) is 0 Å². The Kier molecular flexibility index (Phi) is 5.95. The van der Waals surface area contributed by atoms with Crippen molar-refractivity contribution in [2.45, 2.75) is 37.8 Å². The molecule has 2 fully saturated rings. The first-order chi connectivity index (χ1) is 17.1. The lowest BCUT2D eigenvalue weighted by Gasteiger charge is -2.29. The second-order valence-corrected chi connectivity index (χ2v) is 9.91. The normalized spacial score (nSPS) is 18.9. The zero-order chi connectivity index (χ0) is 23.8. The van der Waals surface area contributed by atoms with Crippen molar-refractivity contribution in [2.75, 3.05) is 45.6 Å². The molecule has 0 atom stereocenters. The molecule has 0 unspecified atom stereocenters. The van der Waals surface area contributed by atoms with Gasteiger partial charge in [-0.25, -0.2) is 15.0 Å². The van der Waals surface area contributed by atoms with Gasteiger partial charge in [0.1, 0.15) is 11.8 Å². The minimum absolute atomic E-state index is 0.198. The predicted molar refractivity (Wildman–Crippen MR) is 138 cm³/mol. The van der Waals surface area contributed by atoms with Gasteiger partial charge in [-0.3, -0.25) is 0 Å². The highest BCUT2D eigenvalue weighted by Crippen LogP contribution is 2.30. The van der Waals surface area contributed by atoms with Gasteiger partial charge in [0.05, 0.1) is 17.2 Å². The van der Waals surface area contributed by atoms with E-state index in [4.69, 9.17) is 14.7 Å². The number of nitrogens with zero attached hydrogens (tertiary/aromatic N) is 6. The molecule has 4 aromatic rings. The number of hydrogen-bond acceptors (Lipinski definition) is 8. The fourth-order valence-electron chi connectivity index (χ4n) is 5.04. The highest BCUT2D eigenvalue weighted by atomic mass is 16.5. The third kappa shape index (κ3) is 4.78. The maximum atomic E-state index is 6.16. The Morgan fingerprint density at radius 3 is 2.49 bits per heavy atom. The van der Waals surface area contributed by atoms with Gasteiger partial charge in [-0.1, -0.05) is 6.07 Å². The average molecular weight is 473 g/mol. The van der Waals surface area contributed by atoms with Crippen LogP contribution in [0.2, 0.25) is 0 Å². The third-order valence-electron chi connectivity index (χ3n) is 7.27. The van der Waals surface area contributed by atoms with Crippen molar-refractivity contribution in [3.63, 3.8) is 0 Å². The summed E-state index contributed by atoms with van der Waals surface area (Å²) in [5, 5.41) is 4.50. The number of anilines is 1. The van der Waals surface area contributed by atoms with Crippen LogP contribution in [0.25, 0.3) is 33.2 Å². The highest BCUT2D eigenvalue weighted by molar-refractivity contribution is 5.95. The average Bonchev–Trinajstić information content (AvgIpc) is 3.30. The quantitative estimate of drug-likeness (QED) is 0.455. The lowest BCUT2D eigenvalue weighted by Crippen LogP contribution is -2.37. The Hall–Kier alpha value is -3.30. The SMILES string of the molecule is CN1CCC(Nc2ncc3c(-c4ccc5ncc(OC6CCN(C)CC6)nc5c4)c[nH]c3n2)CC1. The number of piperidine rings is 2. The number of rotatable bonds is 5. The Labute approximate surface area is 204 Å². The smallest absolute Gasteiger partial charge is 0.233 e. The molecule has 0 amide bonds. The molecule has 0 bridgehead atoms.